The summed E-state index contributed by atoms with van der Waals surface area (Å²) in [6.07, 6.45) is 3.69. The van der Waals surface area contributed by atoms with Crippen LogP contribution in [0.5, 0.6) is 0 Å². The zero-order chi connectivity index (χ0) is 15.6. The molecule has 0 bridgehead atoms. The first-order chi connectivity index (χ1) is 9.81. The van der Waals surface area contributed by atoms with Gasteiger partial charge in [0.15, 0.2) is 0 Å². The van der Waals surface area contributed by atoms with E-state index in [0.717, 1.165) is 32.2 Å². The molecule has 1 aliphatic heterocycles. The molecule has 2 amide bonds. The standard InChI is InChI=1S/C15H27N3O3/c1-15(2,3)21-14(20)18(11-6-7-11)10-12-5-4-8-17(12)13(19)9-16/h11-12H,4-10,16H2,1-3H3/t12-/m1/s1. The minimum absolute atomic E-state index is 0.0302. The van der Waals surface area contributed by atoms with E-state index in [2.05, 4.69) is 0 Å². The van der Waals surface area contributed by atoms with Crippen LogP contribution in [0.1, 0.15) is 46.5 Å². The molecule has 1 atom stereocenters. The van der Waals surface area contributed by atoms with Gasteiger partial charge in [-0.05, 0) is 46.5 Å². The fraction of sp³-hybridized carbons (Fsp3) is 0.867. The zero-order valence-corrected chi connectivity index (χ0v) is 13.3. The first-order valence-electron chi connectivity index (χ1n) is 7.81. The third-order valence-electron chi connectivity index (χ3n) is 3.90. The number of nitrogens with two attached hydrogens (primary N) is 1. The van der Waals surface area contributed by atoms with Gasteiger partial charge in [-0.25, -0.2) is 4.79 Å². The van der Waals surface area contributed by atoms with E-state index in [9.17, 15) is 9.59 Å². The second-order valence-electron chi connectivity index (χ2n) is 6.95. The Kier molecular flexibility index (Phi) is 4.76. The molecule has 21 heavy (non-hydrogen) atoms. The lowest BCUT2D eigenvalue weighted by atomic mass is 10.2. The Bertz CT molecular complexity index is 401. The zero-order valence-electron chi connectivity index (χ0n) is 13.3. The van der Waals surface area contributed by atoms with Crippen LogP contribution in [0.4, 0.5) is 4.79 Å². The van der Waals surface area contributed by atoms with Gasteiger partial charge in [-0.3, -0.25) is 4.79 Å². The number of nitrogens with zero attached hydrogens (tertiary/aromatic N) is 2. The van der Waals surface area contributed by atoms with E-state index >= 15 is 0 Å². The summed E-state index contributed by atoms with van der Waals surface area (Å²) < 4.78 is 5.49. The van der Waals surface area contributed by atoms with E-state index in [1.807, 2.05) is 25.7 Å². The number of amides is 2. The highest BCUT2D eigenvalue weighted by molar-refractivity contribution is 5.78. The van der Waals surface area contributed by atoms with Gasteiger partial charge in [0.05, 0.1) is 6.54 Å². The lowest BCUT2D eigenvalue weighted by Crippen LogP contribution is -2.48. The van der Waals surface area contributed by atoms with Crippen molar-refractivity contribution in [1.82, 2.24) is 9.80 Å². The van der Waals surface area contributed by atoms with Crippen molar-refractivity contribution in [3.63, 3.8) is 0 Å². The number of hydrogen-bond acceptors (Lipinski definition) is 4. The van der Waals surface area contributed by atoms with Gasteiger partial charge in [0.2, 0.25) is 5.91 Å². The van der Waals surface area contributed by atoms with Crippen molar-refractivity contribution in [3.05, 3.63) is 0 Å². The van der Waals surface area contributed by atoms with Crippen molar-refractivity contribution in [2.75, 3.05) is 19.6 Å². The molecular weight excluding hydrogens is 270 g/mol. The molecule has 2 rings (SSSR count). The molecule has 6 heteroatoms. The minimum atomic E-state index is -0.493. The first-order valence-corrected chi connectivity index (χ1v) is 7.81. The van der Waals surface area contributed by atoms with Gasteiger partial charge in [-0.15, -0.1) is 0 Å². The highest BCUT2D eigenvalue weighted by Crippen LogP contribution is 2.30. The number of carbonyl (C=O) groups is 2. The van der Waals surface area contributed by atoms with Crippen LogP contribution in [0.2, 0.25) is 0 Å². The molecule has 120 valence electrons. The molecule has 0 unspecified atom stereocenters. The molecule has 0 aromatic rings. The van der Waals surface area contributed by atoms with E-state index in [-0.39, 0.29) is 30.6 Å². The van der Waals surface area contributed by atoms with Crippen LogP contribution < -0.4 is 5.73 Å². The quantitative estimate of drug-likeness (QED) is 0.849. The number of carbonyl (C=O) groups excluding carboxylic acids is 2. The third kappa shape index (κ3) is 4.33. The highest BCUT2D eigenvalue weighted by Gasteiger charge is 2.39. The molecule has 0 spiro atoms. The van der Waals surface area contributed by atoms with Gasteiger partial charge in [0.25, 0.3) is 0 Å². The van der Waals surface area contributed by atoms with Crippen LogP contribution in [0.3, 0.4) is 0 Å². The molecule has 2 aliphatic rings. The summed E-state index contributed by atoms with van der Waals surface area (Å²) in [4.78, 5) is 27.8. The average molecular weight is 297 g/mol. The third-order valence-corrected chi connectivity index (χ3v) is 3.90. The van der Waals surface area contributed by atoms with Crippen LogP contribution in [0.15, 0.2) is 0 Å². The summed E-state index contributed by atoms with van der Waals surface area (Å²) in [5, 5.41) is 0. The Morgan fingerprint density at radius 2 is 1.95 bits per heavy atom. The smallest absolute Gasteiger partial charge is 0.410 e. The van der Waals surface area contributed by atoms with Crippen molar-refractivity contribution in [2.24, 2.45) is 5.73 Å². The fourth-order valence-corrected chi connectivity index (χ4v) is 2.78. The molecule has 2 fully saturated rings. The van der Waals surface area contributed by atoms with Gasteiger partial charge in [-0.2, -0.15) is 0 Å². The Labute approximate surface area is 126 Å². The highest BCUT2D eigenvalue weighted by atomic mass is 16.6. The predicted octanol–water partition coefficient (Wildman–Crippen LogP) is 1.34. The van der Waals surface area contributed by atoms with Gasteiger partial charge in [0.1, 0.15) is 5.60 Å². The molecule has 1 saturated carbocycles. The summed E-state index contributed by atoms with van der Waals surface area (Å²) in [5.41, 5.74) is 4.97. The maximum absolute atomic E-state index is 12.3. The van der Waals surface area contributed by atoms with Gasteiger partial charge < -0.3 is 20.3 Å². The minimum Gasteiger partial charge on any atom is -0.444 e. The number of rotatable bonds is 4. The van der Waals surface area contributed by atoms with E-state index < -0.39 is 5.60 Å². The molecule has 2 N–H and O–H groups in total. The van der Waals surface area contributed by atoms with Gasteiger partial charge in [0, 0.05) is 25.2 Å². The number of likely N-dealkylation sites (tertiary alicyclic amines) is 1. The molecule has 1 heterocycles. The largest absolute Gasteiger partial charge is 0.444 e. The second-order valence-corrected chi connectivity index (χ2v) is 6.95. The maximum atomic E-state index is 12.3. The first kappa shape index (κ1) is 16.1. The summed E-state index contributed by atoms with van der Waals surface area (Å²) in [6.45, 7) is 6.95. The number of ether oxygens (including phenoxy) is 1. The van der Waals surface area contributed by atoms with Crippen LogP contribution >= 0.6 is 0 Å². The van der Waals surface area contributed by atoms with Gasteiger partial charge >= 0.3 is 6.09 Å². The summed E-state index contributed by atoms with van der Waals surface area (Å²) in [5.74, 6) is -0.0302. The van der Waals surface area contributed by atoms with Gasteiger partial charge in [-0.1, -0.05) is 0 Å². The Morgan fingerprint density at radius 1 is 1.29 bits per heavy atom. The lowest BCUT2D eigenvalue weighted by Gasteiger charge is -2.32. The van der Waals surface area contributed by atoms with Crippen LogP contribution in [0.25, 0.3) is 0 Å². The van der Waals surface area contributed by atoms with Crippen LogP contribution in [0, 0.1) is 0 Å². The molecule has 0 aromatic heterocycles. The maximum Gasteiger partial charge on any atom is 0.410 e. The molecular formula is C15H27N3O3. The summed E-state index contributed by atoms with van der Waals surface area (Å²) in [7, 11) is 0. The predicted molar refractivity (Wildman–Crippen MR) is 79.8 cm³/mol. The fourth-order valence-electron chi connectivity index (χ4n) is 2.78. The topological polar surface area (TPSA) is 75.9 Å². The van der Waals surface area contributed by atoms with Crippen molar-refractivity contribution in [2.45, 2.75) is 64.1 Å². The summed E-state index contributed by atoms with van der Waals surface area (Å²) in [6, 6.07) is 0.351. The number of hydrogen-bond donors (Lipinski definition) is 1. The SMILES string of the molecule is CC(C)(C)OC(=O)N(C[C@H]1CCCN1C(=O)CN)C1CC1. The van der Waals surface area contributed by atoms with Crippen LogP contribution in [-0.2, 0) is 9.53 Å². The average Bonchev–Trinajstić information content (AvgIpc) is 3.11. The monoisotopic (exact) mass is 297 g/mol. The molecule has 6 nitrogen and oxygen atoms in total. The van der Waals surface area contributed by atoms with E-state index in [0.29, 0.717) is 6.54 Å². The molecule has 0 aromatic carbocycles. The Morgan fingerprint density at radius 3 is 2.48 bits per heavy atom. The summed E-state index contributed by atoms with van der Waals surface area (Å²) >= 11 is 0. The van der Waals surface area contributed by atoms with Crippen molar-refractivity contribution in [1.29, 1.82) is 0 Å². The van der Waals surface area contributed by atoms with Crippen molar-refractivity contribution < 1.29 is 14.3 Å². The molecule has 1 aliphatic carbocycles. The molecule has 1 saturated heterocycles. The van der Waals surface area contributed by atoms with Crippen molar-refractivity contribution in [3.8, 4) is 0 Å². The normalized spacial score (nSPS) is 22.3. The van der Waals surface area contributed by atoms with Crippen molar-refractivity contribution >= 4 is 12.0 Å². The Balaban J connectivity index is 1.99. The van der Waals surface area contributed by atoms with E-state index in [4.69, 9.17) is 10.5 Å². The second kappa shape index (κ2) is 6.22. The van der Waals surface area contributed by atoms with E-state index in [1.165, 1.54) is 0 Å². The van der Waals surface area contributed by atoms with Crippen LogP contribution in [-0.4, -0.2) is 59.1 Å². The van der Waals surface area contributed by atoms with E-state index in [1.54, 1.807) is 4.90 Å². The Hall–Kier alpha value is -1.30. The molecule has 0 radical (unpaired) electrons. The lowest BCUT2D eigenvalue weighted by molar-refractivity contribution is -0.130.